The molecule has 2 N–H and O–H groups in total. The van der Waals surface area contributed by atoms with Crippen LogP contribution in [0.25, 0.3) is 0 Å². The van der Waals surface area contributed by atoms with E-state index in [1.807, 2.05) is 0 Å². The molecule has 0 aliphatic carbocycles. The highest BCUT2D eigenvalue weighted by molar-refractivity contribution is 7.86. The molecule has 4 nitrogen and oxygen atoms in total. The highest BCUT2D eigenvalue weighted by Gasteiger charge is 2.15. The molecule has 0 saturated carbocycles. The van der Waals surface area contributed by atoms with E-state index in [0.29, 0.717) is 6.42 Å². The van der Waals surface area contributed by atoms with Crippen molar-refractivity contribution in [2.45, 2.75) is 102 Å². The summed E-state index contributed by atoms with van der Waals surface area (Å²) in [6.45, 7) is 3.73. The molecule has 2 atom stereocenters. The predicted molar refractivity (Wildman–Crippen MR) is 88.1 cm³/mol. The van der Waals surface area contributed by atoms with E-state index in [9.17, 15) is 13.5 Å². The van der Waals surface area contributed by atoms with Crippen LogP contribution in [0, 0.1) is 0 Å². The van der Waals surface area contributed by atoms with Crippen molar-refractivity contribution in [2.75, 3.05) is 0 Å². The molecule has 0 aromatic carbocycles. The van der Waals surface area contributed by atoms with Crippen LogP contribution in [-0.2, 0) is 10.1 Å². The van der Waals surface area contributed by atoms with Gasteiger partial charge >= 0.3 is 0 Å². The minimum atomic E-state index is -3.86. The second-order valence-electron chi connectivity index (χ2n) is 6.17. The molecule has 0 heterocycles. The van der Waals surface area contributed by atoms with Crippen LogP contribution in [0.1, 0.15) is 90.9 Å². The van der Waals surface area contributed by atoms with Gasteiger partial charge in [0, 0.05) is 0 Å². The van der Waals surface area contributed by atoms with Crippen LogP contribution in [-0.4, -0.2) is 29.4 Å². The maximum atomic E-state index is 10.8. The van der Waals surface area contributed by atoms with Crippen LogP contribution >= 0.6 is 0 Å². The van der Waals surface area contributed by atoms with Crippen molar-refractivity contribution in [3.8, 4) is 0 Å². The van der Waals surface area contributed by atoms with Gasteiger partial charge in [0.2, 0.25) is 0 Å². The summed E-state index contributed by atoms with van der Waals surface area (Å²) in [5, 5.41) is 9.17. The zero-order chi connectivity index (χ0) is 16.1. The zero-order valence-corrected chi connectivity index (χ0v) is 14.6. The second-order valence-corrected chi connectivity index (χ2v) is 8.01. The van der Waals surface area contributed by atoms with Gasteiger partial charge in [0.15, 0.2) is 0 Å². The van der Waals surface area contributed by atoms with E-state index in [4.69, 9.17) is 4.55 Å². The van der Waals surface area contributed by atoms with E-state index < -0.39 is 15.4 Å². The molecule has 0 aliphatic rings. The minimum Gasteiger partial charge on any atom is -0.393 e. The van der Waals surface area contributed by atoms with E-state index in [-0.39, 0.29) is 6.10 Å². The number of unbranched alkanes of at least 4 members (excludes halogenated alkanes) is 7. The van der Waals surface area contributed by atoms with E-state index >= 15 is 0 Å². The smallest absolute Gasteiger partial charge is 0.267 e. The monoisotopic (exact) mass is 322 g/mol. The number of aliphatic hydroxyl groups is 1. The van der Waals surface area contributed by atoms with Gasteiger partial charge in [-0.25, -0.2) is 0 Å². The molecule has 0 fully saturated rings. The van der Waals surface area contributed by atoms with Gasteiger partial charge in [0.1, 0.15) is 0 Å². The van der Waals surface area contributed by atoms with Crippen LogP contribution < -0.4 is 0 Å². The Morgan fingerprint density at radius 2 is 1.24 bits per heavy atom. The summed E-state index contributed by atoms with van der Waals surface area (Å²) < 4.78 is 30.5. The van der Waals surface area contributed by atoms with Crippen molar-refractivity contribution in [3.05, 3.63) is 0 Å². The Morgan fingerprint density at radius 3 is 1.71 bits per heavy atom. The van der Waals surface area contributed by atoms with Gasteiger partial charge in [-0.1, -0.05) is 64.7 Å². The summed E-state index contributed by atoms with van der Waals surface area (Å²) in [6.07, 6.45) is 12.0. The maximum absolute atomic E-state index is 10.8. The lowest BCUT2D eigenvalue weighted by Crippen LogP contribution is -2.16. The molecule has 0 spiro atoms. The average molecular weight is 323 g/mol. The average Bonchev–Trinajstić information content (AvgIpc) is 2.41. The Bertz CT molecular complexity index is 327. The van der Waals surface area contributed by atoms with Crippen LogP contribution in [0.4, 0.5) is 0 Å². The highest BCUT2D eigenvalue weighted by Crippen LogP contribution is 2.14. The number of aliphatic hydroxyl groups excluding tert-OH is 1. The summed E-state index contributed by atoms with van der Waals surface area (Å²) in [6, 6.07) is 0. The normalized spacial score (nSPS) is 15.0. The molecule has 128 valence electrons. The van der Waals surface area contributed by atoms with Crippen LogP contribution in [0.15, 0.2) is 0 Å². The molecule has 0 aromatic heterocycles. The summed E-state index contributed by atoms with van der Waals surface area (Å²) in [4.78, 5) is 0. The van der Waals surface area contributed by atoms with Crippen molar-refractivity contribution >= 4 is 10.1 Å². The number of hydrogen-bond donors (Lipinski definition) is 2. The molecule has 0 amide bonds. The van der Waals surface area contributed by atoms with Crippen molar-refractivity contribution < 1.29 is 18.1 Å². The molecule has 0 rings (SSSR count). The largest absolute Gasteiger partial charge is 0.393 e. The molecule has 0 aliphatic heterocycles. The van der Waals surface area contributed by atoms with Gasteiger partial charge in [-0.3, -0.25) is 4.55 Å². The molecule has 5 heteroatoms. The summed E-state index contributed by atoms with van der Waals surface area (Å²) in [5.74, 6) is 0. The van der Waals surface area contributed by atoms with Gasteiger partial charge in [0.25, 0.3) is 10.1 Å². The fourth-order valence-electron chi connectivity index (χ4n) is 2.44. The first-order chi connectivity index (χ1) is 9.88. The molecular weight excluding hydrogens is 288 g/mol. The highest BCUT2D eigenvalue weighted by atomic mass is 32.2. The molecule has 2 unspecified atom stereocenters. The maximum Gasteiger partial charge on any atom is 0.267 e. The Hall–Kier alpha value is -0.130. The van der Waals surface area contributed by atoms with Crippen molar-refractivity contribution in [1.29, 1.82) is 0 Å². The first-order valence-corrected chi connectivity index (χ1v) is 10.0. The Kier molecular flexibility index (Phi) is 12.3. The standard InChI is InChI=1S/C16H34O4S/c1-3-4-5-10-13-16(17)14-11-8-6-7-9-12-15(2)21(18,19)20/h15-17H,3-14H2,1-2H3,(H,18,19,20). The SMILES string of the molecule is CCCCCCC(O)CCCCCCCC(C)S(=O)(=O)O. The lowest BCUT2D eigenvalue weighted by molar-refractivity contribution is 0.147. The molecule has 0 aromatic rings. The van der Waals surface area contributed by atoms with E-state index in [1.165, 1.54) is 19.3 Å². The Labute approximate surface area is 131 Å². The molecule has 0 saturated heterocycles. The van der Waals surface area contributed by atoms with Crippen LogP contribution in [0.2, 0.25) is 0 Å². The van der Waals surface area contributed by atoms with E-state index in [2.05, 4.69) is 6.92 Å². The van der Waals surface area contributed by atoms with E-state index in [0.717, 1.165) is 51.4 Å². The summed E-state index contributed by atoms with van der Waals surface area (Å²) in [5.41, 5.74) is 0. The zero-order valence-electron chi connectivity index (χ0n) is 13.8. The number of hydrogen-bond acceptors (Lipinski definition) is 3. The van der Waals surface area contributed by atoms with Gasteiger partial charge in [0.05, 0.1) is 11.4 Å². The number of rotatable bonds is 14. The first kappa shape index (κ1) is 20.9. The van der Waals surface area contributed by atoms with Gasteiger partial charge in [-0.2, -0.15) is 8.42 Å². The Balaban J connectivity index is 3.36. The molecule has 0 bridgehead atoms. The van der Waals surface area contributed by atoms with Crippen molar-refractivity contribution in [3.63, 3.8) is 0 Å². The predicted octanol–water partition coefficient (Wildman–Crippen LogP) is 4.32. The third-order valence-electron chi connectivity index (χ3n) is 4.05. The van der Waals surface area contributed by atoms with Gasteiger partial charge in [-0.15, -0.1) is 0 Å². The third-order valence-corrected chi connectivity index (χ3v) is 5.30. The third kappa shape index (κ3) is 13.3. The minimum absolute atomic E-state index is 0.151. The van der Waals surface area contributed by atoms with E-state index in [1.54, 1.807) is 6.92 Å². The lowest BCUT2D eigenvalue weighted by atomic mass is 10.0. The summed E-state index contributed by atoms with van der Waals surface area (Å²) in [7, 11) is -3.86. The molecular formula is C16H34O4S. The summed E-state index contributed by atoms with van der Waals surface area (Å²) >= 11 is 0. The fourth-order valence-corrected chi connectivity index (χ4v) is 2.91. The van der Waals surface area contributed by atoms with Crippen LogP contribution in [0.3, 0.4) is 0 Å². The van der Waals surface area contributed by atoms with Gasteiger partial charge in [-0.05, 0) is 26.2 Å². The van der Waals surface area contributed by atoms with Gasteiger partial charge < -0.3 is 5.11 Å². The first-order valence-electron chi connectivity index (χ1n) is 8.52. The quantitative estimate of drug-likeness (QED) is 0.369. The van der Waals surface area contributed by atoms with Crippen LogP contribution in [0.5, 0.6) is 0 Å². The Morgan fingerprint density at radius 1 is 0.810 bits per heavy atom. The van der Waals surface area contributed by atoms with Crippen molar-refractivity contribution in [2.24, 2.45) is 0 Å². The lowest BCUT2D eigenvalue weighted by Gasteiger charge is -2.10. The topological polar surface area (TPSA) is 74.6 Å². The molecule has 0 radical (unpaired) electrons. The fraction of sp³-hybridized carbons (Fsp3) is 1.00. The second kappa shape index (κ2) is 12.4. The molecule has 21 heavy (non-hydrogen) atoms. The van der Waals surface area contributed by atoms with Crippen molar-refractivity contribution in [1.82, 2.24) is 0 Å².